The molecule has 2 aromatic carbocycles. The minimum absolute atomic E-state index is 0.0111. The zero-order chi connectivity index (χ0) is 22.5. The highest BCUT2D eigenvalue weighted by atomic mass is 19.1. The SMILES string of the molecule is CN(Cc1c(C(=O)N/N=C/c2ccccc2F)nnn1-c1nonc1N)c1ccccc1. The third-order valence-corrected chi connectivity index (χ3v) is 4.53. The van der Waals surface area contributed by atoms with Gasteiger partial charge in [0.2, 0.25) is 11.6 Å². The zero-order valence-electron chi connectivity index (χ0n) is 16.9. The van der Waals surface area contributed by atoms with Gasteiger partial charge in [0.15, 0.2) is 5.69 Å². The predicted octanol–water partition coefficient (Wildman–Crippen LogP) is 1.77. The molecule has 2 aromatic heterocycles. The minimum Gasteiger partial charge on any atom is -0.378 e. The fourth-order valence-corrected chi connectivity index (χ4v) is 2.92. The highest BCUT2D eigenvalue weighted by molar-refractivity contribution is 5.94. The van der Waals surface area contributed by atoms with Gasteiger partial charge in [-0.1, -0.05) is 41.6 Å². The Morgan fingerprint density at radius 2 is 1.97 bits per heavy atom. The summed E-state index contributed by atoms with van der Waals surface area (Å²) in [5, 5.41) is 19.1. The van der Waals surface area contributed by atoms with Crippen molar-refractivity contribution in [3.05, 3.63) is 77.4 Å². The van der Waals surface area contributed by atoms with Crippen LogP contribution in [-0.2, 0) is 6.54 Å². The lowest BCUT2D eigenvalue weighted by Gasteiger charge is -2.19. The van der Waals surface area contributed by atoms with Crippen LogP contribution in [0.3, 0.4) is 0 Å². The van der Waals surface area contributed by atoms with Crippen LogP contribution < -0.4 is 16.1 Å². The zero-order valence-corrected chi connectivity index (χ0v) is 16.9. The summed E-state index contributed by atoms with van der Waals surface area (Å²) in [7, 11) is 1.84. The first-order valence-corrected chi connectivity index (χ1v) is 9.41. The number of nitrogens with zero attached hydrogens (tertiary/aromatic N) is 7. The molecule has 0 fully saturated rings. The van der Waals surface area contributed by atoms with Gasteiger partial charge in [-0.2, -0.15) is 9.78 Å². The molecule has 0 atom stereocenters. The van der Waals surface area contributed by atoms with Crippen LogP contribution in [0.2, 0.25) is 0 Å². The normalized spacial score (nSPS) is 11.1. The van der Waals surface area contributed by atoms with Crippen LogP contribution in [0.25, 0.3) is 5.82 Å². The monoisotopic (exact) mass is 435 g/mol. The van der Waals surface area contributed by atoms with E-state index in [2.05, 4.69) is 35.8 Å². The third-order valence-electron chi connectivity index (χ3n) is 4.53. The van der Waals surface area contributed by atoms with Crippen LogP contribution in [0.4, 0.5) is 15.9 Å². The van der Waals surface area contributed by atoms with E-state index in [0.717, 1.165) is 5.69 Å². The van der Waals surface area contributed by atoms with E-state index >= 15 is 0 Å². The van der Waals surface area contributed by atoms with Crippen molar-refractivity contribution < 1.29 is 13.8 Å². The van der Waals surface area contributed by atoms with Gasteiger partial charge in [-0.15, -0.1) is 5.10 Å². The topological polar surface area (TPSA) is 140 Å². The van der Waals surface area contributed by atoms with E-state index in [4.69, 9.17) is 5.73 Å². The van der Waals surface area contributed by atoms with Crippen molar-refractivity contribution in [2.75, 3.05) is 17.7 Å². The van der Waals surface area contributed by atoms with E-state index in [-0.39, 0.29) is 29.4 Å². The summed E-state index contributed by atoms with van der Waals surface area (Å²) < 4.78 is 19.7. The summed E-state index contributed by atoms with van der Waals surface area (Å²) in [5.74, 6) is -1.02. The van der Waals surface area contributed by atoms with Gasteiger partial charge in [-0.05, 0) is 28.5 Å². The molecular formula is C20H18FN9O2. The lowest BCUT2D eigenvalue weighted by molar-refractivity contribution is 0.0949. The number of hydrazone groups is 1. The van der Waals surface area contributed by atoms with Crippen molar-refractivity contribution in [1.29, 1.82) is 0 Å². The Bertz CT molecular complexity index is 1250. The second-order valence-electron chi connectivity index (χ2n) is 6.68. The minimum atomic E-state index is -0.643. The summed E-state index contributed by atoms with van der Waals surface area (Å²) in [6, 6.07) is 15.6. The number of nitrogens with two attached hydrogens (primary N) is 1. The van der Waals surface area contributed by atoms with E-state index in [1.54, 1.807) is 12.1 Å². The molecule has 0 spiro atoms. The Morgan fingerprint density at radius 1 is 1.22 bits per heavy atom. The molecule has 0 saturated heterocycles. The lowest BCUT2D eigenvalue weighted by Crippen LogP contribution is -2.24. The molecule has 162 valence electrons. The van der Waals surface area contributed by atoms with E-state index in [9.17, 15) is 9.18 Å². The first-order valence-electron chi connectivity index (χ1n) is 9.41. The van der Waals surface area contributed by atoms with Gasteiger partial charge in [-0.3, -0.25) is 4.79 Å². The number of amides is 1. The fraction of sp³-hybridized carbons (Fsp3) is 0.100. The van der Waals surface area contributed by atoms with Crippen LogP contribution >= 0.6 is 0 Å². The van der Waals surface area contributed by atoms with Crippen molar-refractivity contribution >= 4 is 23.6 Å². The largest absolute Gasteiger partial charge is 0.378 e. The molecule has 4 aromatic rings. The number of hydrogen-bond donors (Lipinski definition) is 2. The molecule has 2 heterocycles. The van der Waals surface area contributed by atoms with Gasteiger partial charge in [0.1, 0.15) is 5.82 Å². The number of nitrogen functional groups attached to an aromatic ring is 1. The Balaban J connectivity index is 1.62. The number of aromatic nitrogens is 5. The van der Waals surface area contributed by atoms with Crippen LogP contribution in [0.1, 0.15) is 21.7 Å². The van der Waals surface area contributed by atoms with E-state index < -0.39 is 11.7 Å². The van der Waals surface area contributed by atoms with Gasteiger partial charge >= 0.3 is 0 Å². The van der Waals surface area contributed by atoms with Gasteiger partial charge < -0.3 is 10.6 Å². The predicted molar refractivity (Wildman–Crippen MR) is 114 cm³/mol. The number of hydrogen-bond acceptors (Lipinski definition) is 9. The highest BCUT2D eigenvalue weighted by Gasteiger charge is 2.25. The number of rotatable bonds is 7. The van der Waals surface area contributed by atoms with Crippen LogP contribution in [0.15, 0.2) is 64.3 Å². The molecular weight excluding hydrogens is 417 g/mol. The first-order chi connectivity index (χ1) is 15.5. The maximum atomic E-state index is 13.7. The summed E-state index contributed by atoms with van der Waals surface area (Å²) in [4.78, 5) is 14.7. The second-order valence-corrected chi connectivity index (χ2v) is 6.68. The standard InChI is InChI=1S/C20H18FN9O2/c1-29(14-8-3-2-4-9-14)12-16-17(24-28-30(16)19-18(22)26-32-27-19)20(31)25-23-11-13-7-5-6-10-15(13)21/h2-11H,12H2,1H3,(H2,22,26)(H,25,31)/b23-11+. The number of nitrogens with one attached hydrogen (secondary N) is 1. The van der Waals surface area contributed by atoms with E-state index in [0.29, 0.717) is 5.69 Å². The molecule has 4 rings (SSSR count). The summed E-state index contributed by atoms with van der Waals surface area (Å²) in [6.07, 6.45) is 1.20. The molecule has 0 aliphatic rings. The number of anilines is 2. The molecule has 0 radical (unpaired) electrons. The molecule has 32 heavy (non-hydrogen) atoms. The van der Waals surface area contributed by atoms with Crippen molar-refractivity contribution in [3.63, 3.8) is 0 Å². The van der Waals surface area contributed by atoms with Gasteiger partial charge in [0, 0.05) is 18.3 Å². The number of halogens is 1. The van der Waals surface area contributed by atoms with E-state index in [1.807, 2.05) is 42.3 Å². The van der Waals surface area contributed by atoms with E-state index in [1.165, 1.54) is 23.0 Å². The third kappa shape index (κ3) is 4.28. The van der Waals surface area contributed by atoms with Crippen molar-refractivity contribution in [3.8, 4) is 5.82 Å². The number of carbonyl (C=O) groups is 1. The van der Waals surface area contributed by atoms with Crippen LogP contribution in [0, 0.1) is 5.82 Å². The Labute approximate surface area is 181 Å². The van der Waals surface area contributed by atoms with Crippen LogP contribution in [-0.4, -0.2) is 44.5 Å². The molecule has 0 saturated carbocycles. The average molecular weight is 435 g/mol. The smallest absolute Gasteiger partial charge is 0.293 e. The van der Waals surface area contributed by atoms with Crippen molar-refractivity contribution in [2.24, 2.45) is 5.10 Å². The molecule has 0 bridgehead atoms. The quantitative estimate of drug-likeness (QED) is 0.331. The average Bonchev–Trinajstić information content (AvgIpc) is 3.41. The summed E-state index contributed by atoms with van der Waals surface area (Å²) in [6.45, 7) is 0.225. The fourth-order valence-electron chi connectivity index (χ4n) is 2.92. The summed E-state index contributed by atoms with van der Waals surface area (Å²) in [5.41, 5.74) is 9.62. The molecule has 1 amide bonds. The molecule has 0 aliphatic heterocycles. The number of para-hydroxylation sites is 1. The Morgan fingerprint density at radius 3 is 2.69 bits per heavy atom. The maximum absolute atomic E-state index is 13.7. The second kappa shape index (κ2) is 9.04. The lowest BCUT2D eigenvalue weighted by atomic mass is 10.2. The van der Waals surface area contributed by atoms with Gasteiger partial charge in [0.25, 0.3) is 5.91 Å². The number of carbonyl (C=O) groups excluding carboxylic acids is 1. The molecule has 3 N–H and O–H groups in total. The maximum Gasteiger partial charge on any atom is 0.293 e. The van der Waals surface area contributed by atoms with Crippen LogP contribution in [0.5, 0.6) is 0 Å². The molecule has 0 aliphatic carbocycles. The van der Waals surface area contributed by atoms with Crippen molar-refractivity contribution in [2.45, 2.75) is 6.54 Å². The highest BCUT2D eigenvalue weighted by Crippen LogP contribution is 2.20. The van der Waals surface area contributed by atoms with Gasteiger partial charge in [-0.25, -0.2) is 14.4 Å². The molecule has 0 unspecified atom stereocenters. The Hall–Kier alpha value is -4.61. The Kier molecular flexibility index (Phi) is 5.83. The number of benzene rings is 2. The van der Waals surface area contributed by atoms with Gasteiger partial charge in [0.05, 0.1) is 18.5 Å². The first kappa shape index (κ1) is 20.7. The van der Waals surface area contributed by atoms with Crippen molar-refractivity contribution in [1.82, 2.24) is 30.7 Å². The molecule has 11 nitrogen and oxygen atoms in total. The summed E-state index contributed by atoms with van der Waals surface area (Å²) >= 11 is 0. The molecule has 12 heteroatoms.